The van der Waals surface area contributed by atoms with Crippen LogP contribution in [0.1, 0.15) is 0 Å². The average Bonchev–Trinajstić information content (AvgIpc) is 1.84. The summed E-state index contributed by atoms with van der Waals surface area (Å²) in [7, 11) is 0. The van der Waals surface area contributed by atoms with Gasteiger partial charge >= 0.3 is 0 Å². The summed E-state index contributed by atoms with van der Waals surface area (Å²) in [5, 5.41) is 0. The quantitative estimate of drug-likeness (QED) is 0.190. The van der Waals surface area contributed by atoms with E-state index in [1.54, 1.807) is 0 Å². The molecule has 0 aliphatic rings. The van der Waals surface area contributed by atoms with Gasteiger partial charge < -0.3 is 22.9 Å². The highest BCUT2D eigenvalue weighted by Gasteiger charge is 2.30. The molecule has 72 valence electrons. The van der Waals surface area contributed by atoms with Crippen molar-refractivity contribution in [2.24, 2.45) is 34.4 Å². The van der Waals surface area contributed by atoms with Crippen LogP contribution >= 0.6 is 0 Å². The van der Waals surface area contributed by atoms with Crippen molar-refractivity contribution in [1.82, 2.24) is 4.90 Å². The molecule has 12 N–H and O–H groups in total. The van der Waals surface area contributed by atoms with Crippen molar-refractivity contribution in [3.8, 4) is 0 Å². The van der Waals surface area contributed by atoms with E-state index in [0.29, 0.717) is 0 Å². The van der Waals surface area contributed by atoms with E-state index in [0.717, 1.165) is 4.90 Å². The van der Waals surface area contributed by atoms with Gasteiger partial charge in [0.25, 0.3) is 0 Å². The summed E-state index contributed by atoms with van der Waals surface area (Å²) in [5.41, 5.74) is 32.4. The van der Waals surface area contributed by atoms with Gasteiger partial charge in [-0.1, -0.05) is 6.58 Å². The van der Waals surface area contributed by atoms with Crippen molar-refractivity contribution < 1.29 is 0 Å². The summed E-state index contributed by atoms with van der Waals surface area (Å²) in [6.45, 7) is 3.40. The molecule has 0 aromatic heterocycles. The first-order chi connectivity index (χ1) is 5.33. The van der Waals surface area contributed by atoms with Gasteiger partial charge in [-0.2, -0.15) is 0 Å². The zero-order valence-electron chi connectivity index (χ0n) is 6.85. The Morgan fingerprint density at radius 1 is 1.08 bits per heavy atom. The molecule has 0 rings (SSSR count). The molecule has 0 radical (unpaired) electrons. The van der Waals surface area contributed by atoms with E-state index in [-0.39, 0.29) is 0 Å². The van der Waals surface area contributed by atoms with E-state index in [9.17, 15) is 0 Å². The molecule has 0 heterocycles. The Kier molecular flexibility index (Phi) is 3.74. The van der Waals surface area contributed by atoms with E-state index in [1.807, 2.05) is 0 Å². The minimum absolute atomic E-state index is 0.932. The van der Waals surface area contributed by atoms with Gasteiger partial charge in [0, 0.05) is 0 Å². The Balaban J connectivity index is 4.61. The first-order valence-corrected chi connectivity index (χ1v) is 3.35. The van der Waals surface area contributed by atoms with Crippen LogP contribution in [0.25, 0.3) is 0 Å². The lowest BCUT2D eigenvalue weighted by Crippen LogP contribution is -2.74. The lowest BCUT2D eigenvalue weighted by atomic mass is 10.3. The minimum Gasteiger partial charge on any atom is -0.303 e. The Morgan fingerprint density at radius 2 is 1.42 bits per heavy atom. The fourth-order valence-corrected chi connectivity index (χ4v) is 0.821. The fraction of sp³-hybridized carbons (Fsp3) is 0.600. The maximum absolute atomic E-state index is 5.53. The van der Waals surface area contributed by atoms with Crippen LogP contribution in [0, 0.1) is 0 Å². The molecule has 0 aliphatic heterocycles. The smallest absolute Gasteiger partial charge is 0.145 e. The van der Waals surface area contributed by atoms with E-state index < -0.39 is 18.4 Å². The highest BCUT2D eigenvalue weighted by Crippen LogP contribution is 2.03. The molecule has 0 amide bonds. The van der Waals surface area contributed by atoms with E-state index in [4.69, 9.17) is 34.4 Å². The maximum Gasteiger partial charge on any atom is 0.145 e. The molecule has 0 fully saturated rings. The molecule has 0 unspecified atom stereocenters. The Labute approximate surface area is 71.3 Å². The molecule has 7 heteroatoms. The highest BCUT2D eigenvalue weighted by molar-refractivity contribution is 4.96. The summed E-state index contributed by atoms with van der Waals surface area (Å²) in [6.07, 6.45) is -0.608. The summed E-state index contributed by atoms with van der Waals surface area (Å²) in [4.78, 5) is 1.12. The van der Waals surface area contributed by atoms with Gasteiger partial charge in [-0.3, -0.25) is 11.5 Å². The second-order valence-electron chi connectivity index (χ2n) is 2.48. The van der Waals surface area contributed by atoms with Crippen molar-refractivity contribution in [3.63, 3.8) is 0 Å². The largest absolute Gasteiger partial charge is 0.303 e. The van der Waals surface area contributed by atoms with Gasteiger partial charge in [0.05, 0.1) is 0 Å². The van der Waals surface area contributed by atoms with Crippen LogP contribution in [0.4, 0.5) is 0 Å². The molecular weight excluding hydrogens is 158 g/mol. The predicted molar refractivity (Wildman–Crippen MR) is 47.5 cm³/mol. The minimum atomic E-state index is -1.40. The number of rotatable bonds is 4. The molecule has 0 aromatic rings. The third kappa shape index (κ3) is 2.50. The number of nitrogens with two attached hydrogens (primary N) is 6. The van der Waals surface area contributed by atoms with Crippen molar-refractivity contribution >= 4 is 0 Å². The van der Waals surface area contributed by atoms with Crippen molar-refractivity contribution in [3.05, 3.63) is 12.7 Å². The molecule has 0 aromatic carbocycles. The van der Waals surface area contributed by atoms with Crippen molar-refractivity contribution in [2.45, 2.75) is 18.4 Å². The Morgan fingerprint density at radius 3 is 1.50 bits per heavy atom. The first-order valence-electron chi connectivity index (χ1n) is 3.35. The molecule has 0 atom stereocenters. The van der Waals surface area contributed by atoms with Crippen molar-refractivity contribution in [1.29, 1.82) is 0 Å². The van der Waals surface area contributed by atoms with Gasteiger partial charge in [0.2, 0.25) is 0 Å². The fourth-order valence-electron chi connectivity index (χ4n) is 0.821. The molecule has 7 nitrogen and oxygen atoms in total. The summed E-state index contributed by atoms with van der Waals surface area (Å²) in [6, 6.07) is 0. The third-order valence-electron chi connectivity index (χ3n) is 1.42. The number of nitrogens with zero attached hydrogens (tertiary/aromatic N) is 1. The zero-order valence-corrected chi connectivity index (χ0v) is 6.85. The highest BCUT2D eigenvalue weighted by atomic mass is 15.5. The second-order valence-corrected chi connectivity index (χ2v) is 2.48. The topological polar surface area (TPSA) is 159 Å². The number of hydrogen-bond donors (Lipinski definition) is 6. The molecular formula is C5H17N7. The lowest BCUT2D eigenvalue weighted by molar-refractivity contribution is 0.0461. The van der Waals surface area contributed by atoms with Crippen LogP contribution in [-0.2, 0) is 0 Å². The predicted octanol–water partition coefficient (Wildman–Crippen LogP) is -3.55. The SMILES string of the molecule is C=CC(N)(N)N(C(N)N)C(N)N. The molecule has 12 heavy (non-hydrogen) atoms. The van der Waals surface area contributed by atoms with Crippen LogP contribution in [0.5, 0.6) is 0 Å². The Bertz CT molecular complexity index is 144. The van der Waals surface area contributed by atoms with Gasteiger partial charge in [0.1, 0.15) is 18.4 Å². The summed E-state index contributed by atoms with van der Waals surface area (Å²) < 4.78 is 0. The van der Waals surface area contributed by atoms with Gasteiger partial charge in [0.15, 0.2) is 0 Å². The molecule has 0 bridgehead atoms. The van der Waals surface area contributed by atoms with Crippen LogP contribution < -0.4 is 34.4 Å². The van der Waals surface area contributed by atoms with Crippen molar-refractivity contribution in [2.75, 3.05) is 0 Å². The van der Waals surface area contributed by atoms with Crippen LogP contribution in [0.2, 0.25) is 0 Å². The third-order valence-corrected chi connectivity index (χ3v) is 1.42. The summed E-state index contributed by atoms with van der Waals surface area (Å²) in [5.74, 6) is -1.40. The standard InChI is InChI=1S/C5H17N7/c1-2-5(10,11)12(3(6)7)4(8)9/h2-4H,1,6-11H2. The van der Waals surface area contributed by atoms with E-state index in [2.05, 4.69) is 6.58 Å². The lowest BCUT2D eigenvalue weighted by Gasteiger charge is -2.39. The maximum atomic E-state index is 5.53. The number of hydrogen-bond acceptors (Lipinski definition) is 7. The van der Waals surface area contributed by atoms with E-state index >= 15 is 0 Å². The zero-order chi connectivity index (χ0) is 9.94. The molecule has 0 saturated heterocycles. The van der Waals surface area contributed by atoms with Crippen LogP contribution in [-0.4, -0.2) is 23.3 Å². The normalized spacial score (nSPS) is 13.1. The monoisotopic (exact) mass is 175 g/mol. The molecule has 0 aliphatic carbocycles. The van der Waals surface area contributed by atoms with Crippen LogP contribution in [0.3, 0.4) is 0 Å². The average molecular weight is 175 g/mol. The van der Waals surface area contributed by atoms with Gasteiger partial charge in [-0.25, -0.2) is 4.90 Å². The Hall–Kier alpha value is -0.540. The second kappa shape index (κ2) is 3.92. The van der Waals surface area contributed by atoms with Gasteiger partial charge in [-0.05, 0) is 6.08 Å². The first kappa shape index (κ1) is 11.5. The summed E-state index contributed by atoms with van der Waals surface area (Å²) >= 11 is 0. The molecule has 0 spiro atoms. The van der Waals surface area contributed by atoms with Crippen LogP contribution in [0.15, 0.2) is 12.7 Å². The van der Waals surface area contributed by atoms with E-state index in [1.165, 1.54) is 6.08 Å². The molecule has 0 saturated carbocycles. The van der Waals surface area contributed by atoms with Gasteiger partial charge in [-0.15, -0.1) is 0 Å².